The van der Waals surface area contributed by atoms with Gasteiger partial charge in [0.1, 0.15) is 0 Å². The molecule has 0 amide bonds. The average molecular weight is 343 g/mol. The zero-order chi connectivity index (χ0) is 18.1. The van der Waals surface area contributed by atoms with Crippen LogP contribution in [-0.4, -0.2) is 46.9 Å². The Labute approximate surface area is 148 Å². The largest absolute Gasteiger partial charge is 0.469 e. The number of hydrogen-bond acceptors (Lipinski definition) is 5. The number of ether oxygens (including phenoxy) is 1. The molecule has 0 unspecified atom stereocenters. The van der Waals surface area contributed by atoms with Crippen LogP contribution in [0.15, 0.2) is 60.7 Å². The van der Waals surface area contributed by atoms with Gasteiger partial charge in [0.2, 0.25) is 0 Å². The molecule has 25 heavy (non-hydrogen) atoms. The molecular formula is C20H25NO4. The van der Waals surface area contributed by atoms with Crippen LogP contribution in [0.4, 0.5) is 0 Å². The third-order valence-electron chi connectivity index (χ3n) is 4.16. The van der Waals surface area contributed by atoms with Crippen molar-refractivity contribution in [1.29, 1.82) is 0 Å². The Morgan fingerprint density at radius 3 is 1.88 bits per heavy atom. The quantitative estimate of drug-likeness (QED) is 0.681. The summed E-state index contributed by atoms with van der Waals surface area (Å²) in [5.41, 5.74) is 2.14. The zero-order valence-corrected chi connectivity index (χ0v) is 14.4. The number of nitrogens with zero attached hydrogens (tertiary/aromatic N) is 1. The van der Waals surface area contributed by atoms with Crippen LogP contribution in [0.1, 0.15) is 17.5 Å². The lowest BCUT2D eigenvalue weighted by atomic mass is 10.0. The van der Waals surface area contributed by atoms with Crippen LogP contribution < -0.4 is 0 Å². The van der Waals surface area contributed by atoms with E-state index in [0.29, 0.717) is 13.1 Å². The van der Waals surface area contributed by atoms with E-state index < -0.39 is 18.1 Å². The van der Waals surface area contributed by atoms with Crippen LogP contribution in [0.2, 0.25) is 0 Å². The van der Waals surface area contributed by atoms with Gasteiger partial charge in [0.05, 0.1) is 32.3 Å². The number of carbonyl (C=O) groups is 1. The SMILES string of the molecule is COC(=O)C[C@H](O)[C@H](CO)N(Cc1ccccc1)Cc1ccccc1. The summed E-state index contributed by atoms with van der Waals surface area (Å²) in [6.07, 6.45) is -1.16. The fourth-order valence-electron chi connectivity index (χ4n) is 2.80. The predicted molar refractivity (Wildman–Crippen MR) is 95.6 cm³/mol. The topological polar surface area (TPSA) is 70.0 Å². The first-order valence-corrected chi connectivity index (χ1v) is 8.31. The lowest BCUT2D eigenvalue weighted by Crippen LogP contribution is -2.46. The second kappa shape index (κ2) is 9.93. The normalized spacial score (nSPS) is 13.4. The number of rotatable bonds is 9. The van der Waals surface area contributed by atoms with Crippen molar-refractivity contribution in [2.75, 3.05) is 13.7 Å². The molecule has 0 aliphatic carbocycles. The first kappa shape index (κ1) is 19.1. The van der Waals surface area contributed by atoms with E-state index in [1.165, 1.54) is 7.11 Å². The van der Waals surface area contributed by atoms with Crippen molar-refractivity contribution in [1.82, 2.24) is 4.90 Å². The Morgan fingerprint density at radius 1 is 1.00 bits per heavy atom. The molecule has 0 radical (unpaired) electrons. The Hall–Kier alpha value is -2.21. The number of carbonyl (C=O) groups excluding carboxylic acids is 1. The van der Waals surface area contributed by atoms with Crippen molar-refractivity contribution < 1.29 is 19.7 Å². The van der Waals surface area contributed by atoms with Crippen LogP contribution in [0.25, 0.3) is 0 Å². The minimum atomic E-state index is -1.01. The van der Waals surface area contributed by atoms with Crippen molar-refractivity contribution in [3.63, 3.8) is 0 Å². The number of aliphatic hydroxyl groups is 2. The molecule has 0 heterocycles. The lowest BCUT2D eigenvalue weighted by molar-refractivity contribution is -0.144. The molecule has 2 aromatic carbocycles. The van der Waals surface area contributed by atoms with Crippen molar-refractivity contribution in [3.05, 3.63) is 71.8 Å². The fourth-order valence-corrected chi connectivity index (χ4v) is 2.80. The van der Waals surface area contributed by atoms with Crippen LogP contribution >= 0.6 is 0 Å². The number of esters is 1. The van der Waals surface area contributed by atoms with Gasteiger partial charge in [0, 0.05) is 13.1 Å². The summed E-state index contributed by atoms with van der Waals surface area (Å²) in [4.78, 5) is 13.5. The van der Waals surface area contributed by atoms with Crippen molar-refractivity contribution in [3.8, 4) is 0 Å². The van der Waals surface area contributed by atoms with Crippen LogP contribution in [0.3, 0.4) is 0 Å². The van der Waals surface area contributed by atoms with Crippen LogP contribution in [0.5, 0.6) is 0 Å². The Kier molecular flexibility index (Phi) is 7.60. The van der Waals surface area contributed by atoms with Gasteiger partial charge in [-0.25, -0.2) is 0 Å². The molecule has 5 nitrogen and oxygen atoms in total. The van der Waals surface area contributed by atoms with Crippen molar-refractivity contribution in [2.45, 2.75) is 31.7 Å². The molecule has 0 saturated carbocycles. The van der Waals surface area contributed by atoms with Crippen LogP contribution in [-0.2, 0) is 22.6 Å². The highest BCUT2D eigenvalue weighted by Gasteiger charge is 2.28. The maximum atomic E-state index is 11.5. The van der Waals surface area contributed by atoms with Gasteiger partial charge < -0.3 is 14.9 Å². The van der Waals surface area contributed by atoms with Gasteiger partial charge in [-0.2, -0.15) is 0 Å². The van der Waals surface area contributed by atoms with Crippen LogP contribution in [0, 0.1) is 0 Å². The molecule has 2 aromatic rings. The zero-order valence-electron chi connectivity index (χ0n) is 14.4. The fraction of sp³-hybridized carbons (Fsp3) is 0.350. The maximum absolute atomic E-state index is 11.5. The summed E-state index contributed by atoms with van der Waals surface area (Å²) in [6, 6.07) is 19.1. The summed E-state index contributed by atoms with van der Waals surface area (Å²) in [7, 11) is 1.29. The summed E-state index contributed by atoms with van der Waals surface area (Å²) < 4.78 is 4.63. The first-order chi connectivity index (χ1) is 12.1. The molecule has 2 rings (SSSR count). The monoisotopic (exact) mass is 343 g/mol. The summed E-state index contributed by atoms with van der Waals surface area (Å²) in [5.74, 6) is -0.495. The maximum Gasteiger partial charge on any atom is 0.308 e. The molecule has 0 aromatic heterocycles. The van der Waals surface area contributed by atoms with Gasteiger partial charge >= 0.3 is 5.97 Å². The molecule has 134 valence electrons. The minimum Gasteiger partial charge on any atom is -0.469 e. The van der Waals surface area contributed by atoms with Crippen molar-refractivity contribution >= 4 is 5.97 Å². The molecule has 2 atom stereocenters. The second-order valence-corrected chi connectivity index (χ2v) is 5.97. The Bertz CT molecular complexity index is 591. The number of hydrogen-bond donors (Lipinski definition) is 2. The number of benzene rings is 2. The van der Waals surface area contributed by atoms with E-state index in [0.717, 1.165) is 11.1 Å². The molecule has 0 fully saturated rings. The smallest absolute Gasteiger partial charge is 0.308 e. The van der Waals surface area contributed by atoms with E-state index >= 15 is 0 Å². The van der Waals surface area contributed by atoms with Gasteiger partial charge in [-0.15, -0.1) is 0 Å². The van der Waals surface area contributed by atoms with Gasteiger partial charge in [0.15, 0.2) is 0 Å². The van der Waals surface area contributed by atoms with Gasteiger partial charge in [-0.05, 0) is 11.1 Å². The highest BCUT2D eigenvalue weighted by Crippen LogP contribution is 2.17. The van der Waals surface area contributed by atoms with Gasteiger partial charge in [-0.3, -0.25) is 9.69 Å². The van der Waals surface area contributed by atoms with E-state index in [-0.39, 0.29) is 13.0 Å². The standard InChI is InChI=1S/C20H25NO4/c1-25-20(24)12-19(23)18(15-22)21(13-16-8-4-2-5-9-16)14-17-10-6-3-7-11-17/h2-11,18-19,22-23H,12-15H2,1H3/t18-,19-/m0/s1. The van der Waals surface area contributed by atoms with Gasteiger partial charge in [0.25, 0.3) is 0 Å². The van der Waals surface area contributed by atoms with E-state index in [9.17, 15) is 15.0 Å². The predicted octanol–water partition coefficient (Wildman–Crippen LogP) is 1.97. The third kappa shape index (κ3) is 5.98. The highest BCUT2D eigenvalue weighted by molar-refractivity contribution is 5.69. The molecule has 0 aliphatic rings. The first-order valence-electron chi connectivity index (χ1n) is 8.31. The Balaban J connectivity index is 2.19. The molecular weight excluding hydrogens is 318 g/mol. The molecule has 0 aliphatic heterocycles. The lowest BCUT2D eigenvalue weighted by Gasteiger charge is -2.33. The van der Waals surface area contributed by atoms with Gasteiger partial charge in [-0.1, -0.05) is 60.7 Å². The molecule has 5 heteroatoms. The van der Waals surface area contributed by atoms with E-state index in [1.54, 1.807) is 0 Å². The minimum absolute atomic E-state index is 0.151. The molecule has 2 N–H and O–H groups in total. The van der Waals surface area contributed by atoms with E-state index in [1.807, 2.05) is 65.6 Å². The molecule has 0 bridgehead atoms. The van der Waals surface area contributed by atoms with Crippen molar-refractivity contribution in [2.24, 2.45) is 0 Å². The Morgan fingerprint density at radius 2 is 1.48 bits per heavy atom. The second-order valence-electron chi connectivity index (χ2n) is 5.97. The van der Waals surface area contributed by atoms with E-state index in [4.69, 9.17) is 0 Å². The summed E-state index contributed by atoms with van der Waals surface area (Å²) in [5, 5.41) is 20.3. The summed E-state index contributed by atoms with van der Waals surface area (Å²) in [6.45, 7) is 0.857. The number of aliphatic hydroxyl groups excluding tert-OH is 2. The highest BCUT2D eigenvalue weighted by atomic mass is 16.5. The average Bonchev–Trinajstić information content (AvgIpc) is 2.63. The third-order valence-corrected chi connectivity index (χ3v) is 4.16. The number of methoxy groups -OCH3 is 1. The molecule has 0 saturated heterocycles. The molecule has 0 spiro atoms. The summed E-state index contributed by atoms with van der Waals surface area (Å²) >= 11 is 0. The van der Waals surface area contributed by atoms with E-state index in [2.05, 4.69) is 4.74 Å².